The third kappa shape index (κ3) is 21.3. The summed E-state index contributed by atoms with van der Waals surface area (Å²) in [4.78, 5) is 0. The fourth-order valence-electron chi connectivity index (χ4n) is 6.44. The van der Waals surface area contributed by atoms with E-state index >= 15 is 0 Å². The summed E-state index contributed by atoms with van der Waals surface area (Å²) in [6.07, 6.45) is 44.9. The highest BCUT2D eigenvalue weighted by atomic mass is 14.2. The van der Waals surface area contributed by atoms with Crippen LogP contribution in [0, 0.1) is 11.8 Å². The highest BCUT2D eigenvalue weighted by Crippen LogP contribution is 2.29. The average Bonchev–Trinajstić information content (AvgIpc) is 2.88. The molecule has 0 nitrogen and oxygen atoms in total. The lowest BCUT2D eigenvalue weighted by molar-refractivity contribution is 0.328. The maximum atomic E-state index is 2.30. The largest absolute Gasteiger partial charge is 0.0654 e. The molecule has 0 aromatic carbocycles. The van der Waals surface area contributed by atoms with Crippen molar-refractivity contribution in [2.24, 2.45) is 11.8 Å². The molecular formula is C34H68. The van der Waals surface area contributed by atoms with Gasteiger partial charge in [0.05, 0.1) is 0 Å². The Kier molecular flexibility index (Phi) is 24.6. The van der Waals surface area contributed by atoms with Crippen molar-refractivity contribution < 1.29 is 0 Å². The smallest absolute Gasteiger partial charge is 0.0414 e. The highest BCUT2D eigenvalue weighted by Gasteiger charge is 2.13. The van der Waals surface area contributed by atoms with Crippen molar-refractivity contribution in [2.45, 2.75) is 206 Å². The Balaban J connectivity index is 0.000000340. The third-order valence-corrected chi connectivity index (χ3v) is 8.88. The van der Waals surface area contributed by atoms with Gasteiger partial charge in [-0.15, -0.1) is 0 Å². The number of rotatable bonds is 20. The summed E-state index contributed by atoms with van der Waals surface area (Å²) < 4.78 is 0. The molecule has 0 heteroatoms. The molecule has 204 valence electrons. The second-order valence-corrected chi connectivity index (χ2v) is 12.2. The van der Waals surface area contributed by atoms with Gasteiger partial charge in [0.25, 0.3) is 0 Å². The SMILES string of the molecule is CCCCCCCCCCCC1CCCCC1.CCCCCCCCCCCC1CCCCC1. The van der Waals surface area contributed by atoms with E-state index in [9.17, 15) is 0 Å². The molecule has 2 aliphatic rings. The van der Waals surface area contributed by atoms with E-state index in [0.717, 1.165) is 11.8 Å². The summed E-state index contributed by atoms with van der Waals surface area (Å²) in [5, 5.41) is 0. The van der Waals surface area contributed by atoms with Crippen LogP contribution in [0.25, 0.3) is 0 Å². The molecule has 0 amide bonds. The fourth-order valence-corrected chi connectivity index (χ4v) is 6.44. The Morgan fingerprint density at radius 3 is 0.882 bits per heavy atom. The number of hydrogen-bond donors (Lipinski definition) is 0. The predicted molar refractivity (Wildman–Crippen MR) is 157 cm³/mol. The topological polar surface area (TPSA) is 0 Å². The first-order valence-electron chi connectivity index (χ1n) is 16.9. The van der Waals surface area contributed by atoms with Gasteiger partial charge in [-0.2, -0.15) is 0 Å². The quantitative estimate of drug-likeness (QED) is 0.153. The van der Waals surface area contributed by atoms with Crippen LogP contribution in [0.3, 0.4) is 0 Å². The molecule has 0 aromatic heterocycles. The molecule has 0 radical (unpaired) electrons. The molecule has 0 aromatic rings. The molecule has 0 aliphatic heterocycles. The maximum Gasteiger partial charge on any atom is -0.0414 e. The zero-order valence-electron chi connectivity index (χ0n) is 24.4. The third-order valence-electron chi connectivity index (χ3n) is 8.88. The van der Waals surface area contributed by atoms with E-state index in [1.54, 1.807) is 0 Å². The van der Waals surface area contributed by atoms with E-state index in [0.29, 0.717) is 0 Å². The lowest BCUT2D eigenvalue weighted by atomic mass is 9.85. The van der Waals surface area contributed by atoms with Crippen molar-refractivity contribution in [1.29, 1.82) is 0 Å². The summed E-state index contributed by atoms with van der Waals surface area (Å²) in [6, 6.07) is 0. The first kappa shape index (κ1) is 32.0. The minimum Gasteiger partial charge on any atom is -0.0654 e. The molecule has 34 heavy (non-hydrogen) atoms. The molecule has 2 aliphatic carbocycles. The molecule has 0 atom stereocenters. The lowest BCUT2D eigenvalue weighted by Gasteiger charge is -2.21. The van der Waals surface area contributed by atoms with Crippen LogP contribution in [0.5, 0.6) is 0 Å². The molecule has 0 heterocycles. The van der Waals surface area contributed by atoms with E-state index in [2.05, 4.69) is 13.8 Å². The Morgan fingerprint density at radius 2 is 0.588 bits per heavy atom. The number of unbranched alkanes of at least 4 members (excludes halogenated alkanes) is 16. The van der Waals surface area contributed by atoms with Gasteiger partial charge in [-0.1, -0.05) is 206 Å². The standard InChI is InChI=1S/2C17H34/c2*1-2-3-4-5-6-7-8-9-11-14-17-15-12-10-13-16-17/h2*17H,2-16H2,1H3. The minimum atomic E-state index is 1.10. The van der Waals surface area contributed by atoms with E-state index in [4.69, 9.17) is 0 Å². The predicted octanol–water partition coefficient (Wildman–Crippen LogP) is 13.0. The van der Waals surface area contributed by atoms with E-state index < -0.39 is 0 Å². The van der Waals surface area contributed by atoms with Crippen LogP contribution < -0.4 is 0 Å². The van der Waals surface area contributed by atoms with Gasteiger partial charge in [0.1, 0.15) is 0 Å². The minimum absolute atomic E-state index is 1.10. The van der Waals surface area contributed by atoms with Gasteiger partial charge in [-0.05, 0) is 11.8 Å². The Labute approximate surface area is 218 Å². The van der Waals surface area contributed by atoms with Gasteiger partial charge in [0.15, 0.2) is 0 Å². The molecule has 0 unspecified atom stereocenters. The molecular weight excluding hydrogens is 408 g/mol. The first-order valence-corrected chi connectivity index (χ1v) is 16.9. The molecule has 0 spiro atoms. The van der Waals surface area contributed by atoms with Crippen LogP contribution in [-0.4, -0.2) is 0 Å². The van der Waals surface area contributed by atoms with E-state index in [1.165, 1.54) is 193 Å². The van der Waals surface area contributed by atoms with Gasteiger partial charge in [0.2, 0.25) is 0 Å². The molecule has 2 fully saturated rings. The average molecular weight is 477 g/mol. The number of hydrogen-bond acceptors (Lipinski definition) is 0. The van der Waals surface area contributed by atoms with Crippen LogP contribution >= 0.6 is 0 Å². The van der Waals surface area contributed by atoms with Gasteiger partial charge >= 0.3 is 0 Å². The zero-order valence-corrected chi connectivity index (χ0v) is 24.4. The fraction of sp³-hybridized carbons (Fsp3) is 1.00. The van der Waals surface area contributed by atoms with Crippen LogP contribution in [-0.2, 0) is 0 Å². The van der Waals surface area contributed by atoms with Crippen molar-refractivity contribution >= 4 is 0 Å². The normalized spacial score (nSPS) is 17.5. The molecule has 2 rings (SSSR count). The van der Waals surface area contributed by atoms with Crippen molar-refractivity contribution in [3.05, 3.63) is 0 Å². The Hall–Kier alpha value is 0. The van der Waals surface area contributed by atoms with E-state index in [-0.39, 0.29) is 0 Å². The highest BCUT2D eigenvalue weighted by molar-refractivity contribution is 4.66. The van der Waals surface area contributed by atoms with Crippen molar-refractivity contribution in [1.82, 2.24) is 0 Å². The maximum absolute atomic E-state index is 2.30. The second kappa shape index (κ2) is 26.1. The molecule has 0 saturated heterocycles. The second-order valence-electron chi connectivity index (χ2n) is 12.2. The molecule has 0 N–H and O–H groups in total. The van der Waals surface area contributed by atoms with Gasteiger partial charge in [-0.25, -0.2) is 0 Å². The van der Waals surface area contributed by atoms with Crippen LogP contribution in [0.1, 0.15) is 206 Å². The molecule has 0 bridgehead atoms. The summed E-state index contributed by atoms with van der Waals surface area (Å²) >= 11 is 0. The van der Waals surface area contributed by atoms with Gasteiger partial charge in [0, 0.05) is 0 Å². The van der Waals surface area contributed by atoms with Gasteiger partial charge < -0.3 is 0 Å². The van der Waals surface area contributed by atoms with Gasteiger partial charge in [-0.3, -0.25) is 0 Å². The Morgan fingerprint density at radius 1 is 0.324 bits per heavy atom. The van der Waals surface area contributed by atoms with E-state index in [1.807, 2.05) is 0 Å². The van der Waals surface area contributed by atoms with Crippen molar-refractivity contribution in [3.8, 4) is 0 Å². The Bertz CT molecular complexity index is 324. The summed E-state index contributed by atoms with van der Waals surface area (Å²) in [5.41, 5.74) is 0. The van der Waals surface area contributed by atoms with Crippen molar-refractivity contribution in [2.75, 3.05) is 0 Å². The molecule has 2 saturated carbocycles. The summed E-state index contributed by atoms with van der Waals surface area (Å²) in [7, 11) is 0. The van der Waals surface area contributed by atoms with Crippen LogP contribution in [0.4, 0.5) is 0 Å². The monoisotopic (exact) mass is 477 g/mol. The first-order chi connectivity index (χ1) is 16.9. The lowest BCUT2D eigenvalue weighted by Crippen LogP contribution is -2.05. The summed E-state index contributed by atoms with van der Waals surface area (Å²) in [6.45, 7) is 4.59. The van der Waals surface area contributed by atoms with Crippen LogP contribution in [0.15, 0.2) is 0 Å². The van der Waals surface area contributed by atoms with Crippen LogP contribution in [0.2, 0.25) is 0 Å². The van der Waals surface area contributed by atoms with Crippen molar-refractivity contribution in [3.63, 3.8) is 0 Å². The zero-order chi connectivity index (χ0) is 24.4. The summed E-state index contributed by atoms with van der Waals surface area (Å²) in [5.74, 6) is 2.21.